The van der Waals surface area contributed by atoms with Gasteiger partial charge in [-0.15, -0.1) is 0 Å². The lowest BCUT2D eigenvalue weighted by Gasteiger charge is -2.21. The van der Waals surface area contributed by atoms with Gasteiger partial charge in [0.15, 0.2) is 0 Å². The van der Waals surface area contributed by atoms with Crippen LogP contribution in [0.4, 0.5) is 0 Å². The third-order valence-corrected chi connectivity index (χ3v) is 2.22. The molecular weight excluding hydrogens is 176 g/mol. The third kappa shape index (κ3) is 4.89. The van der Waals surface area contributed by atoms with E-state index >= 15 is 0 Å². The monoisotopic (exact) mass is 194 g/mol. The van der Waals surface area contributed by atoms with Gasteiger partial charge in [-0.25, -0.2) is 9.97 Å². The molecule has 4 nitrogen and oxygen atoms in total. The molecule has 1 aromatic rings. The summed E-state index contributed by atoms with van der Waals surface area (Å²) < 4.78 is 0. The first kappa shape index (κ1) is 11.1. The fourth-order valence-corrected chi connectivity index (χ4v) is 1.36. The van der Waals surface area contributed by atoms with Gasteiger partial charge in [0.25, 0.3) is 0 Å². The van der Waals surface area contributed by atoms with Crippen molar-refractivity contribution in [3.05, 3.63) is 24.8 Å². The van der Waals surface area contributed by atoms with Gasteiger partial charge >= 0.3 is 0 Å². The molecular formula is C10H18N4. The van der Waals surface area contributed by atoms with Gasteiger partial charge in [-0.05, 0) is 39.0 Å². The molecule has 14 heavy (non-hydrogen) atoms. The molecule has 1 fully saturated rings. The van der Waals surface area contributed by atoms with Crippen LogP contribution >= 0.6 is 0 Å². The minimum Gasteiger partial charge on any atom is -0.317 e. The SMILES string of the molecule is CNC1CCNCC1.c1cncnc1. The van der Waals surface area contributed by atoms with E-state index in [9.17, 15) is 0 Å². The van der Waals surface area contributed by atoms with Crippen LogP contribution in [0, 0.1) is 0 Å². The molecule has 1 aliphatic rings. The van der Waals surface area contributed by atoms with Crippen molar-refractivity contribution in [3.63, 3.8) is 0 Å². The lowest BCUT2D eigenvalue weighted by molar-refractivity contribution is 0.409. The van der Waals surface area contributed by atoms with Crippen molar-refractivity contribution < 1.29 is 0 Å². The maximum Gasteiger partial charge on any atom is 0.115 e. The molecule has 1 aliphatic heterocycles. The van der Waals surface area contributed by atoms with Gasteiger partial charge in [0, 0.05) is 18.4 Å². The Morgan fingerprint density at radius 3 is 2.14 bits per heavy atom. The summed E-state index contributed by atoms with van der Waals surface area (Å²) in [6, 6.07) is 2.55. The Balaban J connectivity index is 0.000000146. The van der Waals surface area contributed by atoms with Crippen LogP contribution < -0.4 is 10.6 Å². The second kappa shape index (κ2) is 7.41. The molecule has 2 N–H and O–H groups in total. The lowest BCUT2D eigenvalue weighted by Crippen LogP contribution is -2.37. The van der Waals surface area contributed by atoms with Gasteiger partial charge in [0.2, 0.25) is 0 Å². The Bertz CT molecular complexity index is 182. The largest absolute Gasteiger partial charge is 0.317 e. The summed E-state index contributed by atoms with van der Waals surface area (Å²) in [4.78, 5) is 7.35. The Morgan fingerprint density at radius 2 is 1.86 bits per heavy atom. The van der Waals surface area contributed by atoms with Crippen molar-refractivity contribution in [1.29, 1.82) is 0 Å². The lowest BCUT2D eigenvalue weighted by atomic mass is 10.1. The van der Waals surface area contributed by atoms with E-state index in [1.807, 2.05) is 7.05 Å². The first-order chi connectivity index (χ1) is 6.93. The van der Waals surface area contributed by atoms with Crippen LogP contribution in [0.2, 0.25) is 0 Å². The molecule has 0 amide bonds. The van der Waals surface area contributed by atoms with Crippen molar-refractivity contribution in [2.45, 2.75) is 18.9 Å². The van der Waals surface area contributed by atoms with Gasteiger partial charge in [-0.2, -0.15) is 0 Å². The van der Waals surface area contributed by atoms with E-state index < -0.39 is 0 Å². The Kier molecular flexibility index (Phi) is 5.86. The molecule has 0 atom stereocenters. The van der Waals surface area contributed by atoms with Crippen LogP contribution in [0.25, 0.3) is 0 Å². The molecule has 1 saturated heterocycles. The maximum atomic E-state index is 3.67. The normalized spacial score (nSPS) is 16.9. The molecule has 1 aromatic heterocycles. The summed E-state index contributed by atoms with van der Waals surface area (Å²) in [5, 5.41) is 6.57. The highest BCUT2D eigenvalue weighted by molar-refractivity contribution is 4.74. The second-order valence-electron chi connectivity index (χ2n) is 3.22. The minimum atomic E-state index is 0.774. The molecule has 4 heteroatoms. The highest BCUT2D eigenvalue weighted by atomic mass is 14.9. The Labute approximate surface area is 85.2 Å². The summed E-state index contributed by atoms with van der Waals surface area (Å²) in [7, 11) is 2.04. The zero-order valence-corrected chi connectivity index (χ0v) is 8.61. The summed E-state index contributed by atoms with van der Waals surface area (Å²) in [6.07, 6.45) is 7.45. The summed E-state index contributed by atoms with van der Waals surface area (Å²) in [5.41, 5.74) is 0. The van der Waals surface area contributed by atoms with Crippen LogP contribution in [-0.2, 0) is 0 Å². The summed E-state index contributed by atoms with van der Waals surface area (Å²) in [5.74, 6) is 0. The highest BCUT2D eigenvalue weighted by Crippen LogP contribution is 1.99. The molecule has 2 rings (SSSR count). The van der Waals surface area contributed by atoms with Gasteiger partial charge in [0.05, 0.1) is 0 Å². The number of piperidine rings is 1. The van der Waals surface area contributed by atoms with E-state index in [2.05, 4.69) is 20.6 Å². The first-order valence-electron chi connectivity index (χ1n) is 5.01. The molecule has 78 valence electrons. The fourth-order valence-electron chi connectivity index (χ4n) is 1.36. The van der Waals surface area contributed by atoms with Crippen molar-refractivity contribution >= 4 is 0 Å². The predicted octanol–water partition coefficient (Wildman–Crippen LogP) is 0.434. The molecule has 0 aromatic carbocycles. The smallest absolute Gasteiger partial charge is 0.115 e. The van der Waals surface area contributed by atoms with Crippen molar-refractivity contribution in [3.8, 4) is 0 Å². The number of hydrogen-bond donors (Lipinski definition) is 2. The predicted molar refractivity (Wildman–Crippen MR) is 57.0 cm³/mol. The van der Waals surface area contributed by atoms with E-state index in [1.165, 1.54) is 32.3 Å². The average molecular weight is 194 g/mol. The van der Waals surface area contributed by atoms with Gasteiger partial charge < -0.3 is 10.6 Å². The van der Waals surface area contributed by atoms with Crippen molar-refractivity contribution in [2.75, 3.05) is 20.1 Å². The van der Waals surface area contributed by atoms with Gasteiger partial charge in [0.1, 0.15) is 6.33 Å². The molecule has 0 aliphatic carbocycles. The van der Waals surface area contributed by atoms with Gasteiger partial charge in [-0.1, -0.05) is 0 Å². The average Bonchev–Trinajstić information content (AvgIpc) is 2.33. The van der Waals surface area contributed by atoms with E-state index in [4.69, 9.17) is 0 Å². The summed E-state index contributed by atoms with van der Waals surface area (Å²) in [6.45, 7) is 2.37. The maximum absolute atomic E-state index is 3.67. The zero-order valence-electron chi connectivity index (χ0n) is 8.61. The van der Waals surface area contributed by atoms with Crippen LogP contribution in [0.3, 0.4) is 0 Å². The first-order valence-corrected chi connectivity index (χ1v) is 5.01. The van der Waals surface area contributed by atoms with Crippen molar-refractivity contribution in [1.82, 2.24) is 20.6 Å². The minimum absolute atomic E-state index is 0.774. The molecule has 0 spiro atoms. The molecule has 2 heterocycles. The summed E-state index contributed by atoms with van der Waals surface area (Å²) >= 11 is 0. The zero-order chi connectivity index (χ0) is 10.1. The number of rotatable bonds is 1. The molecule has 0 radical (unpaired) electrons. The quantitative estimate of drug-likeness (QED) is 0.681. The second-order valence-corrected chi connectivity index (χ2v) is 3.22. The molecule has 0 saturated carbocycles. The van der Waals surface area contributed by atoms with Gasteiger partial charge in [-0.3, -0.25) is 0 Å². The van der Waals surface area contributed by atoms with Crippen molar-refractivity contribution in [2.24, 2.45) is 0 Å². The van der Waals surface area contributed by atoms with E-state index in [0.29, 0.717) is 0 Å². The number of aromatic nitrogens is 2. The standard InChI is InChI=1S/C6H14N2.C4H4N2/c1-7-6-2-4-8-5-3-6;1-2-5-4-6-3-1/h6-8H,2-5H2,1H3;1-4H. The third-order valence-electron chi connectivity index (χ3n) is 2.22. The molecule has 0 bridgehead atoms. The van der Waals surface area contributed by atoms with Crippen LogP contribution in [-0.4, -0.2) is 36.1 Å². The van der Waals surface area contributed by atoms with Crippen LogP contribution in [0.15, 0.2) is 24.8 Å². The number of nitrogens with one attached hydrogen (secondary N) is 2. The highest BCUT2D eigenvalue weighted by Gasteiger charge is 2.08. The van der Waals surface area contributed by atoms with E-state index in [-0.39, 0.29) is 0 Å². The Morgan fingerprint density at radius 1 is 1.21 bits per heavy atom. The van der Waals surface area contributed by atoms with Crippen LogP contribution in [0.5, 0.6) is 0 Å². The number of hydrogen-bond acceptors (Lipinski definition) is 4. The van der Waals surface area contributed by atoms with E-state index in [1.54, 1.807) is 18.5 Å². The number of nitrogens with zero attached hydrogens (tertiary/aromatic N) is 2. The molecule has 0 unspecified atom stereocenters. The topological polar surface area (TPSA) is 49.8 Å². The van der Waals surface area contributed by atoms with Crippen LogP contribution in [0.1, 0.15) is 12.8 Å². The van der Waals surface area contributed by atoms with E-state index in [0.717, 1.165) is 6.04 Å². The Hall–Kier alpha value is -1.00. The fraction of sp³-hybridized carbons (Fsp3) is 0.600.